The van der Waals surface area contributed by atoms with Gasteiger partial charge in [0.15, 0.2) is 0 Å². The quantitative estimate of drug-likeness (QED) is 0.420. The van der Waals surface area contributed by atoms with Crippen LogP contribution in [0.1, 0.15) is 39.9 Å². The Morgan fingerprint density at radius 2 is 1.95 bits per heavy atom. The number of halogens is 1. The smallest absolute Gasteiger partial charge is 0.251 e. The summed E-state index contributed by atoms with van der Waals surface area (Å²) in [6.07, 6.45) is 3.36. The van der Waals surface area contributed by atoms with Crippen LogP contribution in [0.2, 0.25) is 5.02 Å². The molecule has 1 saturated heterocycles. The van der Waals surface area contributed by atoms with E-state index in [0.29, 0.717) is 36.1 Å². The van der Waals surface area contributed by atoms with Crippen molar-refractivity contribution in [2.75, 3.05) is 46.3 Å². The number of aryl methyl sites for hydroxylation is 1. The van der Waals surface area contributed by atoms with Gasteiger partial charge in [-0.1, -0.05) is 23.7 Å². The minimum absolute atomic E-state index is 0.104. The predicted molar refractivity (Wildman–Crippen MR) is 154 cm³/mol. The lowest BCUT2D eigenvalue weighted by molar-refractivity contribution is 0.0382. The van der Waals surface area contributed by atoms with E-state index >= 15 is 0 Å². The summed E-state index contributed by atoms with van der Waals surface area (Å²) in [6, 6.07) is 9.64. The van der Waals surface area contributed by atoms with Crippen LogP contribution >= 0.6 is 11.6 Å². The molecular weight excluding hydrogens is 532 g/mol. The Bertz CT molecular complexity index is 1380. The molecule has 1 fully saturated rings. The highest BCUT2D eigenvalue weighted by Gasteiger charge is 2.22. The third kappa shape index (κ3) is 6.47. The van der Waals surface area contributed by atoms with E-state index in [-0.39, 0.29) is 28.8 Å². The number of carbonyl (C=O) groups is 1. The molecule has 0 spiro atoms. The van der Waals surface area contributed by atoms with Gasteiger partial charge in [-0.2, -0.15) is 4.98 Å². The maximum absolute atomic E-state index is 13.1. The predicted octanol–water partition coefficient (Wildman–Crippen LogP) is 4.73. The lowest BCUT2D eigenvalue weighted by Gasteiger charge is -2.29. The first-order valence-corrected chi connectivity index (χ1v) is 13.7. The normalized spacial score (nSPS) is 16.6. The van der Waals surface area contributed by atoms with E-state index in [1.807, 2.05) is 32.2 Å². The molecule has 40 heavy (non-hydrogen) atoms. The van der Waals surface area contributed by atoms with Crippen LogP contribution in [0.15, 0.2) is 36.5 Å². The van der Waals surface area contributed by atoms with Crippen molar-refractivity contribution < 1.29 is 19.0 Å². The van der Waals surface area contributed by atoms with Gasteiger partial charge in [0, 0.05) is 23.7 Å². The second-order valence-electron chi connectivity index (χ2n) is 10.4. The van der Waals surface area contributed by atoms with Crippen LogP contribution in [-0.2, 0) is 17.9 Å². The Morgan fingerprint density at radius 3 is 2.73 bits per heavy atom. The fourth-order valence-corrected chi connectivity index (χ4v) is 5.11. The number of rotatable bonds is 7. The summed E-state index contributed by atoms with van der Waals surface area (Å²) in [5.41, 5.74) is 4.08. The lowest BCUT2D eigenvalue weighted by atomic mass is 10.0. The molecule has 1 amide bonds. The van der Waals surface area contributed by atoms with Gasteiger partial charge in [-0.3, -0.25) is 9.69 Å². The van der Waals surface area contributed by atoms with Crippen molar-refractivity contribution in [3.63, 3.8) is 0 Å². The largest absolute Gasteiger partial charge is 0.495 e. The number of ether oxygens (including phenoxy) is 3. The van der Waals surface area contributed by atoms with Gasteiger partial charge in [-0.05, 0) is 76.3 Å². The lowest BCUT2D eigenvalue weighted by Crippen LogP contribution is -2.43. The molecule has 0 unspecified atom stereocenters. The third-order valence-corrected chi connectivity index (χ3v) is 7.50. The maximum atomic E-state index is 13.1. The van der Waals surface area contributed by atoms with Crippen LogP contribution in [-0.4, -0.2) is 72.7 Å². The van der Waals surface area contributed by atoms with E-state index in [1.165, 1.54) is 6.20 Å². The molecule has 2 aromatic carbocycles. The van der Waals surface area contributed by atoms with Gasteiger partial charge in [0.2, 0.25) is 11.8 Å². The topological polar surface area (TPSA) is 101 Å². The van der Waals surface area contributed by atoms with Crippen molar-refractivity contribution >= 4 is 29.1 Å². The highest BCUT2D eigenvalue weighted by Crippen LogP contribution is 2.35. The van der Waals surface area contributed by atoms with Crippen molar-refractivity contribution in [3.8, 4) is 17.4 Å². The first-order valence-electron chi connectivity index (χ1n) is 13.3. The summed E-state index contributed by atoms with van der Waals surface area (Å²) in [4.78, 5) is 26.3. The minimum Gasteiger partial charge on any atom is -0.495 e. The summed E-state index contributed by atoms with van der Waals surface area (Å²) in [5.74, 6) is 1.52. The third-order valence-electron chi connectivity index (χ3n) is 7.24. The van der Waals surface area contributed by atoms with E-state index in [2.05, 4.69) is 43.5 Å². The number of nitrogens with one attached hydrogen (secondary N) is 2. The molecule has 2 aliphatic rings. The van der Waals surface area contributed by atoms with Gasteiger partial charge < -0.3 is 29.7 Å². The Labute approximate surface area is 239 Å². The molecule has 0 saturated carbocycles. The van der Waals surface area contributed by atoms with Gasteiger partial charge in [0.1, 0.15) is 16.5 Å². The van der Waals surface area contributed by atoms with Gasteiger partial charge in [-0.15, -0.1) is 0 Å². The number of likely N-dealkylation sites (tertiary alicyclic amines) is 1. The zero-order valence-electron chi connectivity index (χ0n) is 23.3. The summed E-state index contributed by atoms with van der Waals surface area (Å²) in [6.45, 7) is 5.56. The van der Waals surface area contributed by atoms with Crippen LogP contribution in [0.3, 0.4) is 0 Å². The number of amides is 1. The number of hydrogen-bond donors (Lipinski definition) is 2. The van der Waals surface area contributed by atoms with E-state index in [4.69, 9.17) is 25.8 Å². The minimum atomic E-state index is -0.104. The van der Waals surface area contributed by atoms with Gasteiger partial charge in [0.05, 0.1) is 32.3 Å². The molecule has 2 N–H and O–H groups in total. The Morgan fingerprint density at radius 1 is 1.15 bits per heavy atom. The van der Waals surface area contributed by atoms with Crippen LogP contribution < -0.4 is 20.1 Å². The first kappa shape index (κ1) is 28.1. The molecule has 0 radical (unpaired) electrons. The molecule has 212 valence electrons. The van der Waals surface area contributed by atoms with E-state index < -0.39 is 0 Å². The number of methoxy groups -OCH3 is 1. The number of carbonyl (C=O) groups excluding carboxylic acids is 1. The van der Waals surface area contributed by atoms with Gasteiger partial charge in [-0.25, -0.2) is 4.98 Å². The Balaban J connectivity index is 1.34. The van der Waals surface area contributed by atoms with E-state index in [9.17, 15) is 4.79 Å². The number of nitrogens with zero attached hydrogens (tertiary/aromatic N) is 4. The summed E-state index contributed by atoms with van der Waals surface area (Å²) >= 11 is 6.43. The molecule has 2 aliphatic heterocycles. The molecular formula is C29H35ClN6O4. The van der Waals surface area contributed by atoms with E-state index in [1.54, 1.807) is 13.2 Å². The maximum Gasteiger partial charge on any atom is 0.251 e. The number of aromatic nitrogens is 2. The van der Waals surface area contributed by atoms with Gasteiger partial charge >= 0.3 is 0 Å². The highest BCUT2D eigenvalue weighted by molar-refractivity contribution is 6.31. The molecule has 1 aromatic heterocycles. The van der Waals surface area contributed by atoms with Crippen LogP contribution in [0.25, 0.3) is 0 Å². The Hall–Kier alpha value is -3.44. The van der Waals surface area contributed by atoms with Crippen molar-refractivity contribution in [2.45, 2.75) is 39.0 Å². The summed E-state index contributed by atoms with van der Waals surface area (Å²) < 4.78 is 17.6. The number of hydrogen-bond acceptors (Lipinski definition) is 9. The van der Waals surface area contributed by atoms with Gasteiger partial charge in [0.25, 0.3) is 5.91 Å². The zero-order valence-corrected chi connectivity index (χ0v) is 24.0. The Kier molecular flexibility index (Phi) is 8.70. The van der Waals surface area contributed by atoms with Crippen molar-refractivity contribution in [2.24, 2.45) is 0 Å². The van der Waals surface area contributed by atoms with Crippen LogP contribution in [0, 0.1) is 6.92 Å². The number of anilines is 2. The first-order chi connectivity index (χ1) is 19.3. The molecule has 0 aliphatic carbocycles. The standard InChI is InChI=1S/C29H35ClN6O4/c1-18-12-24(26(38-4)13-21(18)27(37)32-20-8-10-35(2)11-9-20)33-29-31-14-23(30)28(34-29)40-25-7-5-6-19-15-36(3)17-39-16-22(19)25/h5-7,12-14,20H,8-11,15-17H2,1-4H3,(H,32,37)(H,31,33,34). The molecule has 0 bridgehead atoms. The van der Waals surface area contributed by atoms with Crippen molar-refractivity contribution in [3.05, 3.63) is 63.8 Å². The molecule has 3 heterocycles. The summed E-state index contributed by atoms with van der Waals surface area (Å²) in [5, 5.41) is 6.64. The molecule has 11 heteroatoms. The molecule has 0 atom stereocenters. The fraction of sp³-hybridized carbons (Fsp3) is 0.414. The fourth-order valence-electron chi connectivity index (χ4n) is 4.98. The zero-order chi connectivity index (χ0) is 28.2. The van der Waals surface area contributed by atoms with Crippen molar-refractivity contribution in [1.29, 1.82) is 0 Å². The molecule has 10 nitrogen and oxygen atoms in total. The molecule has 3 aromatic rings. The second kappa shape index (κ2) is 12.4. The average Bonchev–Trinajstić information content (AvgIpc) is 3.13. The molecule has 5 rings (SSSR count). The summed E-state index contributed by atoms with van der Waals surface area (Å²) in [7, 11) is 5.67. The average molecular weight is 567 g/mol. The number of benzene rings is 2. The highest BCUT2D eigenvalue weighted by atomic mass is 35.5. The van der Waals surface area contributed by atoms with Crippen LogP contribution in [0.5, 0.6) is 17.4 Å². The monoisotopic (exact) mass is 566 g/mol. The number of piperidine rings is 1. The van der Waals surface area contributed by atoms with E-state index in [0.717, 1.165) is 49.2 Å². The van der Waals surface area contributed by atoms with Crippen molar-refractivity contribution in [1.82, 2.24) is 25.1 Å². The SMILES string of the molecule is COc1cc(C(=O)NC2CCN(C)CC2)c(C)cc1Nc1ncc(Cl)c(Oc2cccc3c2COCN(C)C3)n1. The van der Waals surface area contributed by atoms with Crippen LogP contribution in [0.4, 0.5) is 11.6 Å². The second-order valence-corrected chi connectivity index (χ2v) is 10.8. The number of fused-ring (bicyclic) bond motifs is 1.